The van der Waals surface area contributed by atoms with Gasteiger partial charge in [0, 0.05) is 22.5 Å². The molecule has 0 fully saturated rings. The summed E-state index contributed by atoms with van der Waals surface area (Å²) in [7, 11) is 1.95. The van der Waals surface area contributed by atoms with Gasteiger partial charge in [-0.2, -0.15) is 0 Å². The molecule has 1 unspecified atom stereocenters. The molecule has 0 spiro atoms. The maximum absolute atomic E-state index is 6.30. The third-order valence-corrected chi connectivity index (χ3v) is 3.93. The fourth-order valence-corrected chi connectivity index (χ4v) is 2.78. The van der Waals surface area contributed by atoms with E-state index in [1.807, 2.05) is 43.4 Å². The van der Waals surface area contributed by atoms with Crippen molar-refractivity contribution in [3.63, 3.8) is 0 Å². The van der Waals surface area contributed by atoms with Crippen molar-refractivity contribution in [2.75, 3.05) is 13.6 Å². The highest BCUT2D eigenvalue weighted by atomic mass is 35.5. The van der Waals surface area contributed by atoms with Crippen molar-refractivity contribution in [3.05, 3.63) is 69.7 Å². The predicted octanol–water partition coefficient (Wildman–Crippen LogP) is 4.54. The van der Waals surface area contributed by atoms with Gasteiger partial charge in [-0.15, -0.1) is 0 Å². The molecule has 1 N–H and O–H groups in total. The molecule has 0 radical (unpaired) electrons. The lowest BCUT2D eigenvalue weighted by Crippen LogP contribution is -2.19. The summed E-state index contributed by atoms with van der Waals surface area (Å²) < 4.78 is 0. The van der Waals surface area contributed by atoms with E-state index in [1.54, 1.807) is 0 Å². The Labute approximate surface area is 124 Å². The quantitative estimate of drug-likeness (QED) is 0.853. The Morgan fingerprint density at radius 2 is 1.58 bits per heavy atom. The summed E-state index contributed by atoms with van der Waals surface area (Å²) in [4.78, 5) is 0. The Bertz CT molecular complexity index is 540. The van der Waals surface area contributed by atoms with Crippen molar-refractivity contribution < 1.29 is 0 Å². The number of likely N-dealkylation sites (N-methyl/N-ethyl adjacent to an activating group) is 1. The van der Waals surface area contributed by atoms with Crippen molar-refractivity contribution in [1.29, 1.82) is 0 Å². The van der Waals surface area contributed by atoms with Crippen molar-refractivity contribution in [2.45, 2.75) is 12.3 Å². The van der Waals surface area contributed by atoms with Gasteiger partial charge in [-0.25, -0.2) is 0 Å². The maximum Gasteiger partial charge on any atom is 0.0441 e. The van der Waals surface area contributed by atoms with Gasteiger partial charge >= 0.3 is 0 Å². The standard InChI is InChI=1S/C16H17Cl2N/c1-19-11-13(14-7-3-5-9-16(14)18)10-12-6-2-4-8-15(12)17/h2-9,13,19H,10-11H2,1H3. The Balaban J connectivity index is 2.27. The molecule has 2 rings (SSSR count). The lowest BCUT2D eigenvalue weighted by atomic mass is 9.92. The summed E-state index contributed by atoms with van der Waals surface area (Å²) in [6.45, 7) is 0.870. The molecule has 3 heteroatoms. The summed E-state index contributed by atoms with van der Waals surface area (Å²) >= 11 is 12.5. The van der Waals surface area contributed by atoms with E-state index < -0.39 is 0 Å². The normalized spacial score (nSPS) is 12.4. The fourth-order valence-electron chi connectivity index (χ4n) is 2.27. The highest BCUT2D eigenvalue weighted by molar-refractivity contribution is 6.31. The van der Waals surface area contributed by atoms with Crippen molar-refractivity contribution >= 4 is 23.2 Å². The first-order valence-corrected chi connectivity index (χ1v) is 7.10. The van der Waals surface area contributed by atoms with E-state index >= 15 is 0 Å². The highest BCUT2D eigenvalue weighted by Crippen LogP contribution is 2.29. The predicted molar refractivity (Wildman–Crippen MR) is 83.3 cm³/mol. The Morgan fingerprint density at radius 1 is 0.947 bits per heavy atom. The van der Waals surface area contributed by atoms with Gasteiger partial charge in [0.05, 0.1) is 0 Å². The van der Waals surface area contributed by atoms with Crippen LogP contribution in [0.25, 0.3) is 0 Å². The van der Waals surface area contributed by atoms with Crippen molar-refractivity contribution in [2.24, 2.45) is 0 Å². The highest BCUT2D eigenvalue weighted by Gasteiger charge is 2.15. The average molecular weight is 294 g/mol. The minimum atomic E-state index is 0.318. The van der Waals surface area contributed by atoms with Gasteiger partial charge in [-0.3, -0.25) is 0 Å². The molecule has 2 aromatic rings. The molecule has 0 aliphatic rings. The number of benzene rings is 2. The van der Waals surface area contributed by atoms with Crippen LogP contribution in [0, 0.1) is 0 Å². The lowest BCUT2D eigenvalue weighted by molar-refractivity contribution is 0.626. The first-order valence-electron chi connectivity index (χ1n) is 6.34. The third-order valence-electron chi connectivity index (χ3n) is 3.22. The summed E-state index contributed by atoms with van der Waals surface area (Å²) in [5.74, 6) is 0.318. The average Bonchev–Trinajstić information content (AvgIpc) is 2.41. The van der Waals surface area contributed by atoms with Crippen LogP contribution in [-0.2, 0) is 6.42 Å². The second kappa shape index (κ2) is 6.95. The number of rotatable bonds is 5. The van der Waals surface area contributed by atoms with Crippen LogP contribution in [0.4, 0.5) is 0 Å². The van der Waals surface area contributed by atoms with Crippen LogP contribution in [0.3, 0.4) is 0 Å². The molecule has 0 amide bonds. The second-order valence-electron chi connectivity index (χ2n) is 4.57. The van der Waals surface area contributed by atoms with Crippen LogP contribution in [0.2, 0.25) is 10.0 Å². The smallest absolute Gasteiger partial charge is 0.0441 e. The molecular weight excluding hydrogens is 277 g/mol. The lowest BCUT2D eigenvalue weighted by Gasteiger charge is -2.19. The minimum absolute atomic E-state index is 0.318. The molecule has 0 saturated carbocycles. The van der Waals surface area contributed by atoms with Gasteiger partial charge in [-0.05, 0) is 36.7 Å². The molecule has 2 aromatic carbocycles. The van der Waals surface area contributed by atoms with Crippen LogP contribution in [0.15, 0.2) is 48.5 Å². The summed E-state index contributed by atoms with van der Waals surface area (Å²) in [5, 5.41) is 4.86. The zero-order valence-electron chi connectivity index (χ0n) is 10.9. The summed E-state index contributed by atoms with van der Waals surface area (Å²) in [6, 6.07) is 16.0. The number of nitrogens with one attached hydrogen (secondary N) is 1. The number of halogens is 2. The minimum Gasteiger partial charge on any atom is -0.319 e. The molecule has 0 aromatic heterocycles. The SMILES string of the molecule is CNCC(Cc1ccccc1Cl)c1ccccc1Cl. The summed E-state index contributed by atoms with van der Waals surface area (Å²) in [5.41, 5.74) is 2.32. The van der Waals surface area contributed by atoms with Crippen molar-refractivity contribution in [1.82, 2.24) is 5.32 Å². The topological polar surface area (TPSA) is 12.0 Å². The van der Waals surface area contributed by atoms with E-state index in [4.69, 9.17) is 23.2 Å². The van der Waals surface area contributed by atoms with Crippen LogP contribution in [0.5, 0.6) is 0 Å². The van der Waals surface area contributed by atoms with E-state index in [0.29, 0.717) is 5.92 Å². The zero-order chi connectivity index (χ0) is 13.7. The van der Waals surface area contributed by atoms with Crippen LogP contribution in [-0.4, -0.2) is 13.6 Å². The van der Waals surface area contributed by atoms with Crippen LogP contribution >= 0.6 is 23.2 Å². The Hall–Kier alpha value is -1.02. The van der Waals surface area contributed by atoms with Gasteiger partial charge in [0.25, 0.3) is 0 Å². The van der Waals surface area contributed by atoms with Crippen LogP contribution < -0.4 is 5.32 Å². The Morgan fingerprint density at radius 3 is 2.21 bits per heavy atom. The van der Waals surface area contributed by atoms with E-state index in [9.17, 15) is 0 Å². The fraction of sp³-hybridized carbons (Fsp3) is 0.250. The third kappa shape index (κ3) is 3.73. The molecule has 0 heterocycles. The molecule has 1 atom stereocenters. The van der Waals surface area contributed by atoms with Gasteiger partial charge in [0.15, 0.2) is 0 Å². The van der Waals surface area contributed by atoms with Gasteiger partial charge in [-0.1, -0.05) is 59.6 Å². The van der Waals surface area contributed by atoms with Gasteiger partial charge in [0.2, 0.25) is 0 Å². The molecule has 1 nitrogen and oxygen atoms in total. The summed E-state index contributed by atoms with van der Waals surface area (Å²) in [6.07, 6.45) is 0.879. The number of hydrogen-bond donors (Lipinski definition) is 1. The Kier molecular flexibility index (Phi) is 5.26. The second-order valence-corrected chi connectivity index (χ2v) is 5.39. The molecule has 0 bridgehead atoms. The van der Waals surface area contributed by atoms with Crippen LogP contribution in [0.1, 0.15) is 17.0 Å². The van der Waals surface area contributed by atoms with E-state index in [0.717, 1.165) is 28.6 Å². The first-order chi connectivity index (χ1) is 9.22. The van der Waals surface area contributed by atoms with E-state index in [2.05, 4.69) is 17.4 Å². The molecule has 0 aliphatic heterocycles. The van der Waals surface area contributed by atoms with Gasteiger partial charge in [0.1, 0.15) is 0 Å². The molecule has 0 aliphatic carbocycles. The monoisotopic (exact) mass is 293 g/mol. The molecule has 100 valence electrons. The van der Waals surface area contributed by atoms with E-state index in [-0.39, 0.29) is 0 Å². The largest absolute Gasteiger partial charge is 0.319 e. The first kappa shape index (κ1) is 14.4. The molecule has 0 saturated heterocycles. The molecular formula is C16H17Cl2N. The zero-order valence-corrected chi connectivity index (χ0v) is 12.4. The van der Waals surface area contributed by atoms with Crippen molar-refractivity contribution in [3.8, 4) is 0 Å². The van der Waals surface area contributed by atoms with E-state index in [1.165, 1.54) is 5.56 Å². The maximum atomic E-state index is 6.30. The number of hydrogen-bond acceptors (Lipinski definition) is 1. The van der Waals surface area contributed by atoms with Gasteiger partial charge < -0.3 is 5.32 Å². The molecule has 19 heavy (non-hydrogen) atoms.